The van der Waals surface area contributed by atoms with Gasteiger partial charge in [-0.2, -0.15) is 0 Å². The van der Waals surface area contributed by atoms with E-state index >= 15 is 0 Å². The third kappa shape index (κ3) is 7.41. The third-order valence-corrected chi connectivity index (χ3v) is 5.87. The van der Waals surface area contributed by atoms with Gasteiger partial charge in [0.05, 0.1) is 7.11 Å². The van der Waals surface area contributed by atoms with Crippen LogP contribution in [0.15, 0.2) is 55.1 Å². The smallest absolute Gasteiger partial charge is 0.243 e. The van der Waals surface area contributed by atoms with Gasteiger partial charge in [-0.15, -0.1) is 0 Å². The Labute approximate surface area is 197 Å². The van der Waals surface area contributed by atoms with Crippen molar-refractivity contribution in [1.82, 2.24) is 15.3 Å². The molecule has 1 aromatic heterocycles. The Hall–Kier alpha value is -3.21. The molecule has 174 valence electrons. The van der Waals surface area contributed by atoms with E-state index in [0.29, 0.717) is 6.54 Å². The number of aryl methyl sites for hydroxylation is 2. The van der Waals surface area contributed by atoms with E-state index in [1.54, 1.807) is 19.5 Å². The zero-order valence-corrected chi connectivity index (χ0v) is 19.8. The molecule has 0 aliphatic rings. The molecular formula is C28H35N3O2. The van der Waals surface area contributed by atoms with Crippen LogP contribution in [0.3, 0.4) is 0 Å². The van der Waals surface area contributed by atoms with Crippen molar-refractivity contribution in [2.45, 2.75) is 58.3 Å². The summed E-state index contributed by atoms with van der Waals surface area (Å²) in [5, 5.41) is 5.33. The first-order valence-corrected chi connectivity index (χ1v) is 12.0. The Balaban J connectivity index is 1.51. The summed E-state index contributed by atoms with van der Waals surface area (Å²) >= 11 is 0. The zero-order chi connectivity index (χ0) is 23.3. The molecule has 1 amide bonds. The van der Waals surface area contributed by atoms with Crippen LogP contribution in [-0.2, 0) is 17.6 Å². The standard InChI is InChI=1S/C28H35N3O2/c1-3-4-12-24-23(18-27(33-2)26-14-9-8-13-25(24)26)15-16-28(32)31-17-10-6-5-7-11-22-19-29-21-30-20-22/h8-9,13-16,18-21H,3-7,10-12,17H2,1-2H3,(H,31,32)/b16-15+. The molecule has 0 aliphatic carbocycles. The third-order valence-electron chi connectivity index (χ3n) is 5.87. The second-order valence-corrected chi connectivity index (χ2v) is 8.33. The van der Waals surface area contributed by atoms with Gasteiger partial charge in [0.2, 0.25) is 5.91 Å². The summed E-state index contributed by atoms with van der Waals surface area (Å²) in [6.45, 7) is 2.89. The van der Waals surface area contributed by atoms with Crippen LogP contribution in [0.25, 0.3) is 16.8 Å². The molecule has 33 heavy (non-hydrogen) atoms. The van der Waals surface area contributed by atoms with Crippen LogP contribution in [0, 0.1) is 0 Å². The SMILES string of the molecule is CCCCc1c(/C=C/C(=O)NCCCCCCc2cncnc2)cc(OC)c2ccccc12. The topological polar surface area (TPSA) is 64.1 Å². The van der Waals surface area contributed by atoms with Crippen LogP contribution in [-0.4, -0.2) is 29.5 Å². The van der Waals surface area contributed by atoms with Crippen LogP contribution in [0.1, 0.15) is 62.1 Å². The van der Waals surface area contributed by atoms with Gasteiger partial charge in [0, 0.05) is 30.4 Å². The van der Waals surface area contributed by atoms with E-state index in [4.69, 9.17) is 4.74 Å². The fourth-order valence-corrected chi connectivity index (χ4v) is 4.08. The molecule has 0 fully saturated rings. The van der Waals surface area contributed by atoms with E-state index in [1.807, 2.05) is 24.5 Å². The van der Waals surface area contributed by atoms with Crippen molar-refractivity contribution in [3.05, 3.63) is 71.8 Å². The molecule has 0 bridgehead atoms. The zero-order valence-electron chi connectivity index (χ0n) is 19.8. The van der Waals surface area contributed by atoms with Gasteiger partial charge in [0.1, 0.15) is 12.1 Å². The number of benzene rings is 2. The Morgan fingerprint density at radius 1 is 1.00 bits per heavy atom. The summed E-state index contributed by atoms with van der Waals surface area (Å²) in [7, 11) is 1.70. The number of nitrogens with zero attached hydrogens (tertiary/aromatic N) is 2. The van der Waals surface area contributed by atoms with Crippen LogP contribution in [0.2, 0.25) is 0 Å². The van der Waals surface area contributed by atoms with Gasteiger partial charge in [-0.25, -0.2) is 9.97 Å². The van der Waals surface area contributed by atoms with Crippen LogP contribution in [0.5, 0.6) is 5.75 Å². The number of unbranched alkanes of at least 4 members (excludes halogenated alkanes) is 4. The van der Waals surface area contributed by atoms with Crippen molar-refractivity contribution < 1.29 is 9.53 Å². The van der Waals surface area contributed by atoms with Gasteiger partial charge >= 0.3 is 0 Å². The molecule has 1 N–H and O–H groups in total. The average Bonchev–Trinajstić information content (AvgIpc) is 2.86. The minimum Gasteiger partial charge on any atom is -0.496 e. The average molecular weight is 446 g/mol. The van der Waals surface area contributed by atoms with E-state index in [2.05, 4.69) is 46.5 Å². The molecule has 5 heteroatoms. The number of hydrogen-bond donors (Lipinski definition) is 1. The highest BCUT2D eigenvalue weighted by Crippen LogP contribution is 2.33. The van der Waals surface area contributed by atoms with E-state index in [1.165, 1.54) is 16.5 Å². The van der Waals surface area contributed by atoms with E-state index in [-0.39, 0.29) is 5.91 Å². The van der Waals surface area contributed by atoms with E-state index in [9.17, 15) is 4.79 Å². The molecule has 0 atom stereocenters. The molecule has 0 saturated heterocycles. The summed E-state index contributed by atoms with van der Waals surface area (Å²) in [6.07, 6.45) is 17.4. The Morgan fingerprint density at radius 2 is 1.76 bits per heavy atom. The molecule has 0 saturated carbocycles. The van der Waals surface area contributed by atoms with Crippen molar-refractivity contribution in [2.75, 3.05) is 13.7 Å². The van der Waals surface area contributed by atoms with Crippen LogP contribution >= 0.6 is 0 Å². The Morgan fingerprint density at radius 3 is 2.52 bits per heavy atom. The van der Waals surface area contributed by atoms with Crippen LogP contribution in [0.4, 0.5) is 0 Å². The number of fused-ring (bicyclic) bond motifs is 1. The fourth-order valence-electron chi connectivity index (χ4n) is 4.08. The highest BCUT2D eigenvalue weighted by atomic mass is 16.5. The molecule has 3 aromatic rings. The normalized spacial score (nSPS) is 11.2. The van der Waals surface area contributed by atoms with Crippen molar-refractivity contribution in [3.63, 3.8) is 0 Å². The summed E-state index contributed by atoms with van der Waals surface area (Å²) in [6, 6.07) is 10.4. The summed E-state index contributed by atoms with van der Waals surface area (Å²) in [4.78, 5) is 20.5. The van der Waals surface area contributed by atoms with E-state index < -0.39 is 0 Å². The number of carbonyl (C=O) groups is 1. The maximum Gasteiger partial charge on any atom is 0.243 e. The Bertz CT molecular complexity index is 1050. The number of methoxy groups -OCH3 is 1. The number of nitrogens with one attached hydrogen (secondary N) is 1. The number of amides is 1. The number of rotatable bonds is 13. The molecular weight excluding hydrogens is 410 g/mol. The number of ether oxygens (including phenoxy) is 1. The lowest BCUT2D eigenvalue weighted by Gasteiger charge is -2.14. The lowest BCUT2D eigenvalue weighted by atomic mass is 9.94. The van der Waals surface area contributed by atoms with Crippen LogP contribution < -0.4 is 10.1 Å². The first-order chi connectivity index (χ1) is 16.2. The van der Waals surface area contributed by atoms with Gasteiger partial charge in [-0.3, -0.25) is 4.79 Å². The fraction of sp³-hybridized carbons (Fsp3) is 0.393. The monoisotopic (exact) mass is 445 g/mol. The first kappa shape index (κ1) is 24.4. The lowest BCUT2D eigenvalue weighted by molar-refractivity contribution is -0.116. The highest BCUT2D eigenvalue weighted by Gasteiger charge is 2.11. The largest absolute Gasteiger partial charge is 0.496 e. The summed E-state index contributed by atoms with van der Waals surface area (Å²) < 4.78 is 5.63. The quantitative estimate of drug-likeness (QED) is 0.262. The van der Waals surface area contributed by atoms with Crippen molar-refractivity contribution in [2.24, 2.45) is 0 Å². The summed E-state index contributed by atoms with van der Waals surface area (Å²) in [5.41, 5.74) is 3.51. The van der Waals surface area contributed by atoms with Gasteiger partial charge in [-0.05, 0) is 66.3 Å². The second-order valence-electron chi connectivity index (χ2n) is 8.33. The molecule has 3 rings (SSSR count). The molecule has 0 aliphatic heterocycles. The van der Waals surface area contributed by atoms with Gasteiger partial charge in [0.15, 0.2) is 0 Å². The van der Waals surface area contributed by atoms with Crippen molar-refractivity contribution in [3.8, 4) is 5.75 Å². The molecule has 0 spiro atoms. The van der Waals surface area contributed by atoms with Crippen molar-refractivity contribution >= 4 is 22.8 Å². The van der Waals surface area contributed by atoms with Gasteiger partial charge in [0.25, 0.3) is 0 Å². The molecule has 2 aromatic carbocycles. The number of aromatic nitrogens is 2. The molecule has 0 radical (unpaired) electrons. The first-order valence-electron chi connectivity index (χ1n) is 12.0. The minimum absolute atomic E-state index is 0.0509. The van der Waals surface area contributed by atoms with E-state index in [0.717, 1.165) is 68.1 Å². The molecule has 5 nitrogen and oxygen atoms in total. The maximum absolute atomic E-state index is 12.4. The van der Waals surface area contributed by atoms with Gasteiger partial charge < -0.3 is 10.1 Å². The predicted molar refractivity (Wildman–Crippen MR) is 135 cm³/mol. The minimum atomic E-state index is -0.0509. The second kappa shape index (κ2) is 13.4. The number of hydrogen-bond acceptors (Lipinski definition) is 4. The number of carbonyl (C=O) groups excluding carboxylic acids is 1. The van der Waals surface area contributed by atoms with Gasteiger partial charge in [-0.1, -0.05) is 50.5 Å². The summed E-state index contributed by atoms with van der Waals surface area (Å²) in [5.74, 6) is 0.790. The predicted octanol–water partition coefficient (Wildman–Crippen LogP) is 5.91. The molecule has 1 heterocycles. The maximum atomic E-state index is 12.4. The van der Waals surface area contributed by atoms with Crippen molar-refractivity contribution in [1.29, 1.82) is 0 Å². The lowest BCUT2D eigenvalue weighted by Crippen LogP contribution is -2.22. The highest BCUT2D eigenvalue weighted by molar-refractivity contribution is 5.96. The molecule has 0 unspecified atom stereocenters. The Kier molecular flexibility index (Phi) is 9.89.